The van der Waals surface area contributed by atoms with Gasteiger partial charge in [-0.1, -0.05) is 56.7 Å². The zero-order valence-corrected chi connectivity index (χ0v) is 16.3. The molecule has 1 amide bonds. The van der Waals surface area contributed by atoms with Crippen molar-refractivity contribution in [2.75, 3.05) is 0 Å². The van der Waals surface area contributed by atoms with Crippen LogP contribution >= 0.6 is 7.59 Å². The fourth-order valence-electron chi connectivity index (χ4n) is 5.19. The van der Waals surface area contributed by atoms with Gasteiger partial charge in [-0.15, -0.1) is 0 Å². The van der Waals surface area contributed by atoms with E-state index < -0.39 is 7.59 Å². The van der Waals surface area contributed by atoms with Gasteiger partial charge in [-0.3, -0.25) is 14.4 Å². The summed E-state index contributed by atoms with van der Waals surface area (Å²) in [6, 6.07) is 9.01. The highest BCUT2D eigenvalue weighted by molar-refractivity contribution is 7.60. The first-order valence-electron chi connectivity index (χ1n) is 10.2. The molecule has 3 aliphatic rings. The van der Waals surface area contributed by atoms with Gasteiger partial charge in [0, 0.05) is 5.56 Å². The zero-order valence-electron chi connectivity index (χ0n) is 15.4. The molecule has 2 saturated carbocycles. The van der Waals surface area contributed by atoms with E-state index >= 15 is 0 Å². The highest BCUT2D eigenvalue weighted by Crippen LogP contribution is 2.56. The molecule has 1 aromatic rings. The Morgan fingerprint density at radius 3 is 1.88 bits per heavy atom. The van der Waals surface area contributed by atoms with Gasteiger partial charge in [0.15, 0.2) is 0 Å². The average molecular weight is 375 g/mol. The van der Waals surface area contributed by atoms with Crippen molar-refractivity contribution in [1.82, 2.24) is 15.3 Å². The Bertz CT molecular complexity index is 652. The largest absolute Gasteiger partial charge is 0.308 e. The molecule has 1 aromatic carbocycles. The monoisotopic (exact) mass is 375 g/mol. The smallest absolute Gasteiger partial charge is 0.279 e. The number of benzene rings is 1. The van der Waals surface area contributed by atoms with Gasteiger partial charge >= 0.3 is 7.59 Å². The SMILES string of the molecule is O=C(NP1(=O)NC(C2CCCCC2)(C2CCCCC2)N1)c1ccccc1. The number of carbonyl (C=O) groups excluding carboxylic acids is 1. The Kier molecular flexibility index (Phi) is 5.22. The Balaban J connectivity index is 1.49. The summed E-state index contributed by atoms with van der Waals surface area (Å²) in [5.41, 5.74) is 0.291. The minimum absolute atomic E-state index is 0.250. The van der Waals surface area contributed by atoms with Gasteiger partial charge < -0.3 is 0 Å². The number of carbonyl (C=O) groups is 1. The Morgan fingerprint density at radius 1 is 0.885 bits per heavy atom. The maximum Gasteiger partial charge on any atom is 0.308 e. The predicted octanol–water partition coefficient (Wildman–Crippen LogP) is 4.57. The molecular weight excluding hydrogens is 345 g/mol. The molecule has 0 aromatic heterocycles. The molecular formula is C20H30N3O2P. The van der Waals surface area contributed by atoms with E-state index in [1.807, 2.05) is 18.2 Å². The third-order valence-corrected chi connectivity index (χ3v) is 8.37. The number of rotatable bonds is 4. The molecule has 5 nitrogen and oxygen atoms in total. The van der Waals surface area contributed by atoms with E-state index in [0.717, 1.165) is 0 Å². The quantitative estimate of drug-likeness (QED) is 0.674. The summed E-state index contributed by atoms with van der Waals surface area (Å²) in [6.45, 7) is 0. The summed E-state index contributed by atoms with van der Waals surface area (Å²) in [7, 11) is -3.07. The molecule has 0 radical (unpaired) electrons. The second-order valence-electron chi connectivity index (χ2n) is 8.18. The van der Waals surface area contributed by atoms with Gasteiger partial charge in [-0.05, 0) is 49.7 Å². The maximum absolute atomic E-state index is 13.2. The minimum atomic E-state index is -3.07. The molecule has 1 saturated heterocycles. The molecule has 1 aliphatic heterocycles. The lowest BCUT2D eigenvalue weighted by Gasteiger charge is -2.59. The lowest BCUT2D eigenvalue weighted by atomic mass is 9.70. The van der Waals surface area contributed by atoms with E-state index in [2.05, 4.69) is 15.3 Å². The molecule has 6 heteroatoms. The van der Waals surface area contributed by atoms with Crippen LogP contribution in [0, 0.1) is 11.8 Å². The van der Waals surface area contributed by atoms with Crippen molar-refractivity contribution >= 4 is 13.5 Å². The summed E-state index contributed by atoms with van der Waals surface area (Å²) in [5.74, 6) is 0.736. The van der Waals surface area contributed by atoms with E-state index in [4.69, 9.17) is 0 Å². The molecule has 0 unspecified atom stereocenters. The zero-order chi connectivity index (χ0) is 18.0. The van der Waals surface area contributed by atoms with Gasteiger partial charge in [-0.25, -0.2) is 10.2 Å². The van der Waals surface area contributed by atoms with E-state index in [1.54, 1.807) is 12.1 Å². The molecule has 0 spiro atoms. The third-order valence-electron chi connectivity index (χ3n) is 6.48. The maximum atomic E-state index is 13.2. The molecule has 4 rings (SSSR count). The van der Waals surface area contributed by atoms with E-state index in [0.29, 0.717) is 17.4 Å². The highest BCUT2D eigenvalue weighted by Gasteiger charge is 2.59. The first-order valence-corrected chi connectivity index (χ1v) is 11.9. The molecule has 0 bridgehead atoms. The first-order chi connectivity index (χ1) is 12.6. The van der Waals surface area contributed by atoms with E-state index in [-0.39, 0.29) is 11.6 Å². The number of hydrogen-bond donors (Lipinski definition) is 3. The molecule has 0 atom stereocenters. The van der Waals surface area contributed by atoms with Crippen LogP contribution in [0.4, 0.5) is 0 Å². The Morgan fingerprint density at radius 2 is 1.38 bits per heavy atom. The summed E-state index contributed by atoms with van der Waals surface area (Å²) in [5, 5.41) is 9.58. The lowest BCUT2D eigenvalue weighted by molar-refractivity contribution is 0.0516. The van der Waals surface area contributed by atoms with E-state index in [9.17, 15) is 9.36 Å². The molecule has 1 heterocycles. The van der Waals surface area contributed by atoms with Crippen LogP contribution in [-0.2, 0) is 4.57 Å². The van der Waals surface area contributed by atoms with Crippen LogP contribution in [0.15, 0.2) is 30.3 Å². The first kappa shape index (κ1) is 18.2. The molecule has 3 N–H and O–H groups in total. The van der Waals surface area contributed by atoms with Crippen molar-refractivity contribution in [3.63, 3.8) is 0 Å². The van der Waals surface area contributed by atoms with Crippen LogP contribution in [-0.4, -0.2) is 11.6 Å². The third kappa shape index (κ3) is 3.49. The fraction of sp³-hybridized carbons (Fsp3) is 0.650. The second kappa shape index (κ2) is 7.46. The van der Waals surface area contributed by atoms with Gasteiger partial charge in [0.2, 0.25) is 0 Å². The summed E-state index contributed by atoms with van der Waals surface area (Å²) in [6.07, 6.45) is 12.4. The van der Waals surface area contributed by atoms with Gasteiger partial charge in [0.05, 0.1) is 5.66 Å². The van der Waals surface area contributed by atoms with E-state index in [1.165, 1.54) is 64.2 Å². The number of nitrogens with one attached hydrogen (secondary N) is 3. The van der Waals surface area contributed by atoms with Crippen molar-refractivity contribution in [3.05, 3.63) is 35.9 Å². The van der Waals surface area contributed by atoms with Crippen molar-refractivity contribution < 1.29 is 9.36 Å². The minimum Gasteiger partial charge on any atom is -0.279 e. The topological polar surface area (TPSA) is 70.2 Å². The molecule has 2 aliphatic carbocycles. The lowest BCUT2D eigenvalue weighted by Crippen LogP contribution is -2.75. The van der Waals surface area contributed by atoms with Crippen LogP contribution in [0.25, 0.3) is 0 Å². The summed E-state index contributed by atoms with van der Waals surface area (Å²) in [4.78, 5) is 12.5. The number of amides is 1. The standard InChI is InChI=1S/C20H30N3O2P/c24-19(16-10-4-1-5-11-16)21-26(25)22-20(23-26,17-12-6-2-7-13-17)18-14-8-3-9-15-18/h1,4-5,10-11,17-18H,2-3,6-9,12-15H2,(H3,21,22,23,24,25). The summed E-state index contributed by atoms with van der Waals surface area (Å²) >= 11 is 0. The highest BCUT2D eigenvalue weighted by atomic mass is 31.2. The average Bonchev–Trinajstić information content (AvgIpc) is 2.68. The normalized spacial score (nSPS) is 26.0. The van der Waals surface area contributed by atoms with Crippen LogP contribution in [0.3, 0.4) is 0 Å². The molecule has 142 valence electrons. The summed E-state index contributed by atoms with van der Waals surface area (Å²) < 4.78 is 13.2. The van der Waals surface area contributed by atoms with Crippen LogP contribution in [0.5, 0.6) is 0 Å². The Hall–Kier alpha value is -1.16. The van der Waals surface area contributed by atoms with Crippen molar-refractivity contribution in [2.45, 2.75) is 69.9 Å². The van der Waals surface area contributed by atoms with Crippen LogP contribution in [0.1, 0.15) is 74.6 Å². The predicted molar refractivity (Wildman–Crippen MR) is 104 cm³/mol. The van der Waals surface area contributed by atoms with Crippen molar-refractivity contribution in [3.8, 4) is 0 Å². The van der Waals surface area contributed by atoms with Gasteiger partial charge in [0.25, 0.3) is 5.91 Å². The second-order valence-corrected chi connectivity index (χ2v) is 10.1. The van der Waals surface area contributed by atoms with Crippen LogP contribution < -0.4 is 15.3 Å². The molecule has 26 heavy (non-hydrogen) atoms. The van der Waals surface area contributed by atoms with Crippen molar-refractivity contribution in [1.29, 1.82) is 0 Å². The van der Waals surface area contributed by atoms with Gasteiger partial charge in [-0.2, -0.15) is 0 Å². The fourth-order valence-corrected chi connectivity index (χ4v) is 7.49. The molecule has 3 fully saturated rings. The van der Waals surface area contributed by atoms with Crippen LogP contribution in [0.2, 0.25) is 0 Å². The Labute approximate surface area is 156 Å². The van der Waals surface area contributed by atoms with Gasteiger partial charge in [0.1, 0.15) is 0 Å². The number of hydrogen-bond acceptors (Lipinski definition) is 2. The van der Waals surface area contributed by atoms with Crippen molar-refractivity contribution in [2.24, 2.45) is 11.8 Å².